The summed E-state index contributed by atoms with van der Waals surface area (Å²) in [5.41, 5.74) is 1.07. The number of ether oxygens (including phenoxy) is 1. The smallest absolute Gasteiger partial charge is 0.338 e. The second kappa shape index (κ2) is 16.2. The van der Waals surface area contributed by atoms with Crippen molar-refractivity contribution in [2.45, 2.75) is 147 Å². The Kier molecular flexibility index (Phi) is 13.4. The fourth-order valence-electron chi connectivity index (χ4n) is 6.42. The molecule has 0 aromatic heterocycles. The molecule has 39 heavy (non-hydrogen) atoms. The van der Waals surface area contributed by atoms with Crippen molar-refractivity contribution in [2.75, 3.05) is 6.61 Å². The van der Waals surface area contributed by atoms with E-state index in [1.165, 1.54) is 63.5 Å². The number of esters is 1. The lowest BCUT2D eigenvalue weighted by Crippen LogP contribution is -2.37. The normalized spacial score (nSPS) is 29.1. The SMILES string of the molecule is CC1CCCCCC[Si](C)(CCCOC(=O)c2cccc(C(=O)CCC[Si]3(C)CCCCCCC(C)O3)c2)O1. The van der Waals surface area contributed by atoms with Crippen LogP contribution in [0.1, 0.15) is 118 Å². The number of ketones is 1. The maximum atomic E-state index is 13.0. The predicted octanol–water partition coefficient (Wildman–Crippen LogP) is 9.09. The summed E-state index contributed by atoms with van der Waals surface area (Å²) < 4.78 is 18.7. The predicted molar refractivity (Wildman–Crippen MR) is 165 cm³/mol. The topological polar surface area (TPSA) is 61.8 Å². The fraction of sp³-hybridized carbons (Fsp3) is 0.750. The van der Waals surface area contributed by atoms with Crippen LogP contribution in [0.5, 0.6) is 0 Å². The Balaban J connectivity index is 1.44. The van der Waals surface area contributed by atoms with E-state index in [0.29, 0.717) is 36.4 Å². The van der Waals surface area contributed by atoms with Gasteiger partial charge in [-0.05, 0) is 88.9 Å². The highest BCUT2D eigenvalue weighted by Crippen LogP contribution is 2.30. The molecular formula is C32H54O5Si2. The van der Waals surface area contributed by atoms with Crippen LogP contribution in [0.4, 0.5) is 0 Å². The van der Waals surface area contributed by atoms with Gasteiger partial charge in [-0.2, -0.15) is 0 Å². The van der Waals surface area contributed by atoms with Gasteiger partial charge in [0.15, 0.2) is 22.4 Å². The lowest BCUT2D eigenvalue weighted by Gasteiger charge is -2.30. The molecule has 2 aliphatic rings. The van der Waals surface area contributed by atoms with E-state index >= 15 is 0 Å². The standard InChI is InChI=1S/C32H54O5Si2/c1-27-16-9-5-7-11-22-38(3,36-27)24-14-20-31(33)29-18-13-19-30(26-29)32(34)35-21-15-25-39(4)23-12-8-6-10-17-28(2)37-39/h13,18-19,26-28H,5-12,14-17,20-25H2,1-4H3. The minimum absolute atomic E-state index is 0.101. The molecule has 2 heterocycles. The monoisotopic (exact) mass is 574 g/mol. The van der Waals surface area contributed by atoms with Crippen LogP contribution in [0.15, 0.2) is 24.3 Å². The quantitative estimate of drug-likeness (QED) is 0.121. The first-order valence-electron chi connectivity index (χ1n) is 15.8. The first-order chi connectivity index (χ1) is 18.7. The third-order valence-electron chi connectivity index (χ3n) is 8.72. The number of rotatable bonds is 10. The van der Waals surface area contributed by atoms with Crippen LogP contribution in [0.3, 0.4) is 0 Å². The largest absolute Gasteiger partial charge is 0.462 e. The summed E-state index contributed by atoms with van der Waals surface area (Å²) in [5, 5.41) is 0. The van der Waals surface area contributed by atoms with Gasteiger partial charge < -0.3 is 13.6 Å². The zero-order valence-electron chi connectivity index (χ0n) is 25.2. The zero-order valence-corrected chi connectivity index (χ0v) is 27.2. The molecule has 0 spiro atoms. The summed E-state index contributed by atoms with van der Waals surface area (Å²) in [6.07, 6.45) is 15.4. The second-order valence-corrected chi connectivity index (χ2v) is 21.0. The van der Waals surface area contributed by atoms with Crippen molar-refractivity contribution < 1.29 is 23.2 Å². The van der Waals surface area contributed by atoms with Crippen molar-refractivity contribution >= 4 is 28.4 Å². The molecule has 1 aromatic rings. The van der Waals surface area contributed by atoms with Crippen molar-refractivity contribution in [1.29, 1.82) is 0 Å². The molecule has 0 saturated carbocycles. The van der Waals surface area contributed by atoms with E-state index in [4.69, 9.17) is 13.6 Å². The van der Waals surface area contributed by atoms with E-state index in [1.54, 1.807) is 18.2 Å². The second-order valence-electron chi connectivity index (χ2n) is 12.8. The molecule has 2 aliphatic heterocycles. The third-order valence-corrected chi connectivity index (χ3v) is 16.3. The summed E-state index contributed by atoms with van der Waals surface area (Å²) >= 11 is 0. The summed E-state index contributed by atoms with van der Waals surface area (Å²) in [6, 6.07) is 11.5. The lowest BCUT2D eigenvalue weighted by atomic mass is 10.0. The number of carbonyl (C=O) groups is 2. The van der Waals surface area contributed by atoms with Crippen LogP contribution in [0, 0.1) is 0 Å². The van der Waals surface area contributed by atoms with Crippen LogP contribution in [-0.4, -0.2) is 47.2 Å². The van der Waals surface area contributed by atoms with Crippen molar-refractivity contribution in [1.82, 2.24) is 0 Å². The summed E-state index contributed by atoms with van der Waals surface area (Å²) in [6.45, 7) is 9.52. The molecule has 0 N–H and O–H groups in total. The van der Waals surface area contributed by atoms with Crippen LogP contribution >= 0.6 is 0 Å². The van der Waals surface area contributed by atoms with Crippen molar-refractivity contribution in [2.24, 2.45) is 0 Å². The van der Waals surface area contributed by atoms with Gasteiger partial charge in [0.25, 0.3) is 0 Å². The summed E-state index contributed by atoms with van der Waals surface area (Å²) in [5.74, 6) is -0.239. The van der Waals surface area contributed by atoms with E-state index in [1.807, 2.05) is 6.07 Å². The molecular weight excluding hydrogens is 521 g/mol. The van der Waals surface area contributed by atoms with Gasteiger partial charge in [-0.3, -0.25) is 4.79 Å². The molecule has 4 atom stereocenters. The van der Waals surface area contributed by atoms with Gasteiger partial charge >= 0.3 is 5.97 Å². The molecule has 5 nitrogen and oxygen atoms in total. The molecule has 0 radical (unpaired) electrons. The molecule has 2 saturated heterocycles. The molecule has 1 aromatic carbocycles. The van der Waals surface area contributed by atoms with E-state index < -0.39 is 16.6 Å². The average Bonchev–Trinajstić information content (AvgIpc) is 3.03. The van der Waals surface area contributed by atoms with E-state index in [-0.39, 0.29) is 11.8 Å². The first-order valence-corrected chi connectivity index (χ1v) is 21.5. The molecule has 7 heteroatoms. The van der Waals surface area contributed by atoms with Crippen molar-refractivity contribution in [3.05, 3.63) is 35.4 Å². The Labute approximate surface area is 240 Å². The number of carbonyl (C=O) groups excluding carboxylic acids is 2. The van der Waals surface area contributed by atoms with Crippen LogP contribution in [-0.2, 0) is 13.6 Å². The van der Waals surface area contributed by atoms with Crippen LogP contribution in [0.25, 0.3) is 0 Å². The van der Waals surface area contributed by atoms with E-state index in [9.17, 15) is 9.59 Å². The Morgan fingerprint density at radius 2 is 1.33 bits per heavy atom. The summed E-state index contributed by atoms with van der Waals surface area (Å²) in [4.78, 5) is 25.8. The maximum absolute atomic E-state index is 13.0. The molecule has 0 amide bonds. The first kappa shape index (κ1) is 32.2. The molecule has 0 aliphatic carbocycles. The average molecular weight is 575 g/mol. The molecule has 220 valence electrons. The van der Waals surface area contributed by atoms with Crippen molar-refractivity contribution in [3.8, 4) is 0 Å². The number of hydrogen-bond donors (Lipinski definition) is 0. The highest BCUT2D eigenvalue weighted by atomic mass is 28.4. The number of benzene rings is 1. The minimum atomic E-state index is -1.79. The van der Waals surface area contributed by atoms with Gasteiger partial charge in [0.05, 0.1) is 12.2 Å². The van der Waals surface area contributed by atoms with Crippen LogP contribution < -0.4 is 0 Å². The molecule has 4 unspecified atom stereocenters. The fourth-order valence-corrected chi connectivity index (χ4v) is 13.4. The maximum Gasteiger partial charge on any atom is 0.338 e. The van der Waals surface area contributed by atoms with Crippen LogP contribution in [0.2, 0.25) is 37.3 Å². The molecule has 0 bridgehead atoms. The van der Waals surface area contributed by atoms with E-state index in [2.05, 4.69) is 26.9 Å². The highest BCUT2D eigenvalue weighted by Gasteiger charge is 2.32. The Morgan fingerprint density at radius 1 is 0.795 bits per heavy atom. The van der Waals surface area contributed by atoms with Crippen molar-refractivity contribution in [3.63, 3.8) is 0 Å². The van der Waals surface area contributed by atoms with Gasteiger partial charge in [-0.25, -0.2) is 4.79 Å². The zero-order chi connectivity index (χ0) is 28.1. The lowest BCUT2D eigenvalue weighted by molar-refractivity contribution is 0.0502. The molecule has 3 rings (SSSR count). The summed E-state index contributed by atoms with van der Waals surface area (Å²) in [7, 11) is -3.57. The number of Topliss-reactive ketones (excluding diaryl/α,β-unsaturated/α-hetero) is 1. The van der Waals surface area contributed by atoms with Gasteiger partial charge in [-0.15, -0.1) is 0 Å². The molecule has 2 fully saturated rings. The number of hydrogen-bond acceptors (Lipinski definition) is 5. The minimum Gasteiger partial charge on any atom is -0.462 e. The van der Waals surface area contributed by atoms with Gasteiger partial charge in [0.1, 0.15) is 0 Å². The Morgan fingerprint density at radius 3 is 1.95 bits per heavy atom. The highest BCUT2D eigenvalue weighted by molar-refractivity contribution is 6.72. The van der Waals surface area contributed by atoms with Gasteiger partial charge in [-0.1, -0.05) is 63.5 Å². The van der Waals surface area contributed by atoms with Gasteiger partial charge in [0.2, 0.25) is 0 Å². The van der Waals surface area contributed by atoms with Gasteiger partial charge in [0, 0.05) is 24.2 Å². The van der Waals surface area contributed by atoms with E-state index in [0.717, 1.165) is 37.8 Å². The third kappa shape index (κ3) is 11.6. The Bertz CT molecular complexity index is 908. The Hall–Kier alpha value is -1.29.